The largest absolute Gasteiger partial charge is 0.460 e. The Morgan fingerprint density at radius 1 is 0.227 bits per heavy atom. The van der Waals surface area contributed by atoms with Crippen molar-refractivity contribution in [3.63, 3.8) is 0 Å². The summed E-state index contributed by atoms with van der Waals surface area (Å²) < 4.78 is 139. The first-order valence-electron chi connectivity index (χ1n) is 31.6. The Morgan fingerprint density at radius 2 is 0.364 bits per heavy atom. The van der Waals surface area contributed by atoms with E-state index in [4.69, 9.17) is 130 Å². The molecule has 0 radical (unpaired) electrons. The molecule has 0 aliphatic rings. The summed E-state index contributed by atoms with van der Waals surface area (Å²) in [4.78, 5) is 13.9. The van der Waals surface area contributed by atoms with Crippen molar-refractivity contribution in [2.24, 2.45) is 11.5 Å². The quantitative estimate of drug-likeness (QED) is 0.0613. The molecule has 0 fully saturated rings. The van der Waals surface area contributed by atoms with Gasteiger partial charge in [-0.05, 0) is 20.8 Å². The van der Waals surface area contributed by atoms with Gasteiger partial charge in [0, 0.05) is 32.7 Å². The van der Waals surface area contributed by atoms with Crippen LogP contribution in [-0.4, -0.2) is 366 Å². The number of nitrogens with zero attached hydrogens (tertiary/aromatic N) is 1. The average molecular weight is 1290 g/mol. The Kier molecular flexibility index (Phi) is 74.7. The smallest absolute Gasteiger partial charge is 0.308 e. The molecule has 0 aromatic carbocycles. The molecule has 0 heterocycles. The fourth-order valence-corrected chi connectivity index (χ4v) is 6.56. The van der Waals surface area contributed by atoms with Gasteiger partial charge in [-0.1, -0.05) is 0 Å². The molecule has 528 valence electrons. The van der Waals surface area contributed by atoms with E-state index in [2.05, 4.69) is 4.90 Å². The predicted octanol–water partition coefficient (Wildman–Crippen LogP) is 0.336. The average Bonchev–Trinajstić information content (AvgIpc) is 3.53. The third-order valence-electron chi connectivity index (χ3n) is 10.9. The molecule has 0 aromatic rings. The fraction of sp³-hybridized carbons (Fsp3) is 0.983. The van der Waals surface area contributed by atoms with Crippen LogP contribution in [0.3, 0.4) is 0 Å². The first kappa shape index (κ1) is 86.4. The number of nitrogens with two attached hydrogens (primary N) is 2. The highest BCUT2D eigenvalue weighted by Gasteiger charge is 2.16. The molecule has 29 heteroatoms. The van der Waals surface area contributed by atoms with Crippen molar-refractivity contribution in [1.29, 1.82) is 0 Å². The Hall–Kier alpha value is -1.61. The maximum atomic E-state index is 11.7. The van der Waals surface area contributed by atoms with Crippen molar-refractivity contribution in [3.8, 4) is 0 Å². The summed E-state index contributed by atoms with van der Waals surface area (Å²) in [6.45, 7) is 31.7. The number of carbonyl (C=O) groups is 1. The molecule has 0 atom stereocenters. The highest BCUT2D eigenvalue weighted by atomic mass is 16.6. The lowest BCUT2D eigenvalue weighted by molar-refractivity contribution is -0.156. The SMILES string of the molecule is CC(C)(C)OC(=O)CCOCCOCCOCCOCCOCCOCCOCCOCCN(CCOCCOCCOCCOCCOCCOCCOCCOCCN)CCOCCOCCOCCOCCOCCOCCOCCOCCN. The Labute approximate surface area is 526 Å². The van der Waals surface area contributed by atoms with Crippen molar-refractivity contribution < 1.29 is 123 Å². The lowest BCUT2D eigenvalue weighted by Gasteiger charge is -2.22. The minimum Gasteiger partial charge on any atom is -0.460 e. The lowest BCUT2D eigenvalue weighted by Crippen LogP contribution is -2.34. The number of esters is 1. The molecule has 0 spiro atoms. The highest BCUT2D eigenvalue weighted by molar-refractivity contribution is 5.69. The molecular formula is C59H121N3O26. The fourth-order valence-electron chi connectivity index (χ4n) is 6.56. The zero-order valence-corrected chi connectivity index (χ0v) is 54.4. The maximum Gasteiger partial charge on any atom is 0.308 e. The number of carbonyl (C=O) groups excluding carboxylic acids is 1. The van der Waals surface area contributed by atoms with Crippen molar-refractivity contribution in [2.45, 2.75) is 32.8 Å². The molecule has 0 aliphatic heterocycles. The van der Waals surface area contributed by atoms with Crippen molar-refractivity contribution >= 4 is 5.97 Å². The molecule has 0 aliphatic carbocycles. The molecule has 0 saturated carbocycles. The van der Waals surface area contributed by atoms with E-state index >= 15 is 0 Å². The van der Waals surface area contributed by atoms with Gasteiger partial charge >= 0.3 is 5.97 Å². The molecule has 0 amide bonds. The molecule has 4 N–H and O–H groups in total. The molecule has 88 heavy (non-hydrogen) atoms. The van der Waals surface area contributed by atoms with Crippen LogP contribution in [0.5, 0.6) is 0 Å². The Balaban J connectivity index is 4.01. The second kappa shape index (κ2) is 76.1. The minimum atomic E-state index is -0.491. The van der Waals surface area contributed by atoms with Crippen molar-refractivity contribution in [2.75, 3.05) is 350 Å². The second-order valence-electron chi connectivity index (χ2n) is 19.5. The Bertz CT molecular complexity index is 1260. The first-order valence-corrected chi connectivity index (χ1v) is 31.6. The molecule has 0 bridgehead atoms. The topological polar surface area (TPSA) is 303 Å². The third kappa shape index (κ3) is 78.6. The van der Waals surface area contributed by atoms with Crippen LogP contribution in [0.25, 0.3) is 0 Å². The summed E-state index contributed by atoms with van der Waals surface area (Å²) in [5, 5.41) is 0. The van der Waals surface area contributed by atoms with Crippen LogP contribution < -0.4 is 11.5 Å². The van der Waals surface area contributed by atoms with Crippen LogP contribution in [0.15, 0.2) is 0 Å². The van der Waals surface area contributed by atoms with E-state index in [0.29, 0.717) is 350 Å². The van der Waals surface area contributed by atoms with E-state index in [9.17, 15) is 4.79 Å². The van der Waals surface area contributed by atoms with Gasteiger partial charge in [0.15, 0.2) is 0 Å². The maximum absolute atomic E-state index is 11.7. The van der Waals surface area contributed by atoms with Gasteiger partial charge in [-0.2, -0.15) is 0 Å². The van der Waals surface area contributed by atoms with Crippen LogP contribution in [0.1, 0.15) is 27.2 Å². The molecule has 0 unspecified atom stereocenters. The van der Waals surface area contributed by atoms with E-state index in [1.807, 2.05) is 20.8 Å². The van der Waals surface area contributed by atoms with Crippen LogP contribution >= 0.6 is 0 Å². The van der Waals surface area contributed by atoms with Gasteiger partial charge in [0.2, 0.25) is 0 Å². The summed E-state index contributed by atoms with van der Waals surface area (Å²) in [6, 6.07) is 0. The van der Waals surface area contributed by atoms with Gasteiger partial charge in [0.25, 0.3) is 0 Å². The van der Waals surface area contributed by atoms with Gasteiger partial charge in [0.1, 0.15) is 5.60 Å². The van der Waals surface area contributed by atoms with Crippen LogP contribution in [0.2, 0.25) is 0 Å². The van der Waals surface area contributed by atoms with Gasteiger partial charge in [0.05, 0.1) is 324 Å². The number of ether oxygens (including phenoxy) is 25. The molecular weight excluding hydrogens is 1170 g/mol. The van der Waals surface area contributed by atoms with Crippen molar-refractivity contribution in [3.05, 3.63) is 0 Å². The third-order valence-corrected chi connectivity index (χ3v) is 10.9. The number of rotatable bonds is 79. The molecule has 0 aromatic heterocycles. The zero-order chi connectivity index (χ0) is 63.5. The summed E-state index contributed by atoms with van der Waals surface area (Å²) in [5.41, 5.74) is 10.3. The highest BCUT2D eigenvalue weighted by Crippen LogP contribution is 2.08. The predicted molar refractivity (Wildman–Crippen MR) is 325 cm³/mol. The number of hydrogen-bond donors (Lipinski definition) is 2. The summed E-state index contributed by atoms with van der Waals surface area (Å²) >= 11 is 0. The zero-order valence-electron chi connectivity index (χ0n) is 54.4. The van der Waals surface area contributed by atoms with Crippen LogP contribution in [-0.2, 0) is 123 Å². The standard InChI is InChI=1S/C59H121N3O26/c1-59(2,3)88-58(63)4-10-64-16-22-70-28-34-76-40-46-82-52-55-85-49-43-79-37-31-73-25-19-67-13-7-62(8-14-68-20-26-74-32-38-80-44-50-86-56-53-83-47-41-77-35-29-71-23-17-65-11-5-60)9-15-69-21-27-75-33-39-81-45-51-87-57-54-84-48-42-78-36-30-72-24-18-66-12-6-61/h4-57,60-61H2,1-3H3. The van der Waals surface area contributed by atoms with Gasteiger partial charge in [-0.3, -0.25) is 9.69 Å². The first-order chi connectivity index (χ1) is 43.4. The van der Waals surface area contributed by atoms with Crippen LogP contribution in [0.4, 0.5) is 0 Å². The summed E-state index contributed by atoms with van der Waals surface area (Å²) in [5.74, 6) is -0.275. The lowest BCUT2D eigenvalue weighted by atomic mass is 10.2. The summed E-state index contributed by atoms with van der Waals surface area (Å²) in [6.07, 6.45) is 0.217. The normalized spacial score (nSPS) is 12.0. The molecule has 29 nitrogen and oxygen atoms in total. The Morgan fingerprint density at radius 3 is 0.511 bits per heavy atom. The second-order valence-corrected chi connectivity index (χ2v) is 19.5. The van der Waals surface area contributed by atoms with E-state index in [1.54, 1.807) is 0 Å². The number of hydrogen-bond acceptors (Lipinski definition) is 29. The van der Waals surface area contributed by atoms with E-state index < -0.39 is 5.60 Å². The molecule has 0 saturated heterocycles. The van der Waals surface area contributed by atoms with Gasteiger partial charge in [-0.15, -0.1) is 0 Å². The van der Waals surface area contributed by atoms with Crippen LogP contribution in [0, 0.1) is 0 Å². The van der Waals surface area contributed by atoms with E-state index in [0.717, 1.165) is 0 Å². The van der Waals surface area contributed by atoms with Gasteiger partial charge < -0.3 is 130 Å². The monoisotopic (exact) mass is 1290 g/mol. The van der Waals surface area contributed by atoms with E-state index in [1.165, 1.54) is 0 Å². The molecule has 0 rings (SSSR count). The van der Waals surface area contributed by atoms with Crippen molar-refractivity contribution in [1.82, 2.24) is 4.90 Å². The van der Waals surface area contributed by atoms with Gasteiger partial charge in [-0.25, -0.2) is 0 Å². The summed E-state index contributed by atoms with van der Waals surface area (Å²) in [7, 11) is 0. The minimum absolute atomic E-state index is 0.217. The van der Waals surface area contributed by atoms with E-state index in [-0.39, 0.29) is 12.4 Å².